The molecule has 0 unspecified atom stereocenters. The fraction of sp³-hybridized carbons (Fsp3) is 0.370. The maximum absolute atomic E-state index is 13.7. The topological polar surface area (TPSA) is 214 Å². The van der Waals surface area contributed by atoms with Crippen LogP contribution in [0.4, 0.5) is 11.5 Å². The van der Waals surface area contributed by atoms with Crippen LogP contribution in [0.1, 0.15) is 28.1 Å². The van der Waals surface area contributed by atoms with E-state index >= 15 is 0 Å². The number of sulfonamides is 1. The van der Waals surface area contributed by atoms with Crippen molar-refractivity contribution in [3.8, 4) is 22.6 Å². The van der Waals surface area contributed by atoms with Crippen molar-refractivity contribution in [1.29, 1.82) is 0 Å². The maximum Gasteiger partial charge on any atom is 0.358 e. The lowest BCUT2D eigenvalue weighted by molar-refractivity contribution is -0.139. The van der Waals surface area contributed by atoms with Crippen LogP contribution >= 0.6 is 11.3 Å². The molecule has 1 aromatic carbocycles. The number of aromatic nitrogens is 1. The number of esters is 2. The molecule has 2 aliphatic rings. The third-order valence-electron chi connectivity index (χ3n) is 6.91. The molecule has 0 aliphatic carbocycles. The van der Waals surface area contributed by atoms with Gasteiger partial charge >= 0.3 is 11.9 Å². The molecule has 14 nitrogen and oxygen atoms in total. The van der Waals surface area contributed by atoms with Gasteiger partial charge in [0.25, 0.3) is 10.0 Å². The highest BCUT2D eigenvalue weighted by Gasteiger charge is 2.30. The third-order valence-corrected chi connectivity index (χ3v) is 9.18. The van der Waals surface area contributed by atoms with E-state index < -0.39 is 34.3 Å². The number of nitrogens with two attached hydrogens (primary N) is 3. The smallest absolute Gasteiger partial charge is 0.358 e. The maximum atomic E-state index is 13.7. The predicted octanol–water partition coefficient (Wildman–Crippen LogP) is 0.956. The van der Waals surface area contributed by atoms with E-state index in [1.54, 1.807) is 6.20 Å². The first-order chi connectivity index (χ1) is 20.5. The average Bonchev–Trinajstić information content (AvgIpc) is 3.63. The summed E-state index contributed by atoms with van der Waals surface area (Å²) in [6.07, 6.45) is 2.19. The van der Waals surface area contributed by atoms with Crippen molar-refractivity contribution < 1.29 is 32.2 Å². The molecule has 16 heteroatoms. The summed E-state index contributed by atoms with van der Waals surface area (Å²) in [5.41, 5.74) is 18.6. The van der Waals surface area contributed by atoms with Crippen LogP contribution in [0.25, 0.3) is 11.1 Å². The highest BCUT2D eigenvalue weighted by molar-refractivity contribution is 7.92. The number of likely N-dealkylation sites (N-methyl/N-ethyl adjacent to an activating group) is 1. The van der Waals surface area contributed by atoms with Crippen LogP contribution in [0, 0.1) is 0 Å². The standard InChI is InChI=1S/C27H33N7O7S2/c1-34-7-9-39-20-12-17(14-32-24(20)34)16-11-15-4-8-40-22(15)21(13-16)43(37,38)33-19-5-10-42-23(19)26(36)41-25(35)18(28)3-2-6-31-27(29)30/h5,10-14,18,27,31,33H,2-4,6-9,28-30H2,1H3/t18-/m0/s1. The van der Waals surface area contributed by atoms with E-state index in [9.17, 15) is 18.0 Å². The summed E-state index contributed by atoms with van der Waals surface area (Å²) in [5.74, 6) is -0.396. The quantitative estimate of drug-likeness (QED) is 0.0864. The molecule has 0 saturated carbocycles. The Balaban J connectivity index is 1.34. The molecule has 0 saturated heterocycles. The fourth-order valence-corrected chi connectivity index (χ4v) is 6.77. The van der Waals surface area contributed by atoms with Crippen LogP contribution in [0.15, 0.2) is 40.7 Å². The first-order valence-electron chi connectivity index (χ1n) is 13.5. The van der Waals surface area contributed by atoms with Crippen LogP contribution in [0.5, 0.6) is 11.5 Å². The fourth-order valence-electron chi connectivity index (χ4n) is 4.69. The molecule has 3 aromatic rings. The minimum absolute atomic E-state index is 0.0402. The summed E-state index contributed by atoms with van der Waals surface area (Å²) in [4.78, 5) is 31.5. The Morgan fingerprint density at radius 1 is 1.16 bits per heavy atom. The zero-order valence-corrected chi connectivity index (χ0v) is 25.0. The molecule has 0 fully saturated rings. The molecule has 0 bridgehead atoms. The lowest BCUT2D eigenvalue weighted by atomic mass is 10.0. The van der Waals surface area contributed by atoms with Gasteiger partial charge in [-0.15, -0.1) is 11.3 Å². The monoisotopic (exact) mass is 631 g/mol. The molecule has 8 N–H and O–H groups in total. The zero-order chi connectivity index (χ0) is 30.7. The molecule has 0 radical (unpaired) electrons. The molecule has 43 heavy (non-hydrogen) atoms. The number of ether oxygens (including phenoxy) is 3. The number of carbonyl (C=O) groups excluding carboxylic acids is 2. The van der Waals surface area contributed by atoms with Crippen molar-refractivity contribution in [2.24, 2.45) is 17.2 Å². The molecule has 4 heterocycles. The predicted molar refractivity (Wildman–Crippen MR) is 161 cm³/mol. The zero-order valence-electron chi connectivity index (χ0n) is 23.4. The minimum atomic E-state index is -4.26. The van der Waals surface area contributed by atoms with Gasteiger partial charge in [0.1, 0.15) is 34.5 Å². The number of benzene rings is 1. The summed E-state index contributed by atoms with van der Waals surface area (Å²) < 4.78 is 46.4. The Morgan fingerprint density at radius 3 is 2.77 bits per heavy atom. The van der Waals surface area contributed by atoms with Crippen LogP contribution in [0.2, 0.25) is 0 Å². The van der Waals surface area contributed by atoms with Gasteiger partial charge in [-0.3, -0.25) is 10.0 Å². The first-order valence-corrected chi connectivity index (χ1v) is 15.9. The van der Waals surface area contributed by atoms with Crippen molar-refractivity contribution >= 4 is 44.8 Å². The highest BCUT2D eigenvalue weighted by Crippen LogP contribution is 2.40. The van der Waals surface area contributed by atoms with Crippen LogP contribution < -0.4 is 41.6 Å². The molecular formula is C27H33N7O7S2. The van der Waals surface area contributed by atoms with E-state index in [1.807, 2.05) is 24.1 Å². The number of rotatable bonds is 11. The second kappa shape index (κ2) is 12.8. The molecule has 5 rings (SSSR count). The molecule has 0 amide bonds. The second-order valence-corrected chi connectivity index (χ2v) is 12.6. The van der Waals surface area contributed by atoms with E-state index in [1.165, 1.54) is 17.5 Å². The number of hydrogen-bond acceptors (Lipinski definition) is 14. The summed E-state index contributed by atoms with van der Waals surface area (Å²) in [6, 6.07) is 5.56. The van der Waals surface area contributed by atoms with Gasteiger partial charge < -0.3 is 36.3 Å². The Kier molecular flexibility index (Phi) is 9.14. The van der Waals surface area contributed by atoms with Crippen molar-refractivity contribution in [2.75, 3.05) is 43.0 Å². The van der Waals surface area contributed by atoms with Gasteiger partial charge in [-0.1, -0.05) is 0 Å². The van der Waals surface area contributed by atoms with Gasteiger partial charge in [-0.2, -0.15) is 0 Å². The number of nitrogens with zero attached hydrogens (tertiary/aromatic N) is 2. The molecule has 1 atom stereocenters. The summed E-state index contributed by atoms with van der Waals surface area (Å²) in [7, 11) is -2.34. The van der Waals surface area contributed by atoms with Gasteiger partial charge in [-0.05, 0) is 60.2 Å². The lowest BCUT2D eigenvalue weighted by Crippen LogP contribution is -2.45. The van der Waals surface area contributed by atoms with Gasteiger partial charge in [0.2, 0.25) is 0 Å². The Morgan fingerprint density at radius 2 is 1.98 bits per heavy atom. The van der Waals surface area contributed by atoms with E-state index in [-0.39, 0.29) is 27.6 Å². The first kappa shape index (κ1) is 30.7. The normalized spacial score (nSPS) is 14.9. The van der Waals surface area contributed by atoms with Gasteiger partial charge in [0.15, 0.2) is 11.6 Å². The second-order valence-electron chi connectivity index (χ2n) is 10.1. The number of hydrogen-bond donors (Lipinski definition) is 5. The number of nitrogens with one attached hydrogen (secondary N) is 2. The van der Waals surface area contributed by atoms with Gasteiger partial charge in [0.05, 0.1) is 18.8 Å². The van der Waals surface area contributed by atoms with E-state index in [4.69, 9.17) is 31.4 Å². The molecule has 0 spiro atoms. The van der Waals surface area contributed by atoms with Crippen molar-refractivity contribution in [3.63, 3.8) is 0 Å². The van der Waals surface area contributed by atoms with Gasteiger partial charge in [0, 0.05) is 25.2 Å². The van der Waals surface area contributed by atoms with E-state index in [0.29, 0.717) is 61.8 Å². The lowest BCUT2D eigenvalue weighted by Gasteiger charge is -2.26. The molecule has 230 valence electrons. The Hall–Kier alpha value is -3.80. The summed E-state index contributed by atoms with van der Waals surface area (Å²) in [6.45, 7) is 1.98. The number of fused-ring (bicyclic) bond motifs is 2. The highest BCUT2D eigenvalue weighted by atomic mass is 32.2. The molecule has 2 aliphatic heterocycles. The minimum Gasteiger partial charge on any atom is -0.492 e. The van der Waals surface area contributed by atoms with Crippen LogP contribution in [-0.2, 0) is 26.0 Å². The third kappa shape index (κ3) is 6.90. The van der Waals surface area contributed by atoms with Crippen LogP contribution in [0.3, 0.4) is 0 Å². The van der Waals surface area contributed by atoms with Crippen molar-refractivity contribution in [1.82, 2.24) is 10.3 Å². The van der Waals surface area contributed by atoms with Crippen molar-refractivity contribution in [3.05, 3.63) is 46.3 Å². The van der Waals surface area contributed by atoms with E-state index in [2.05, 4.69) is 15.0 Å². The SMILES string of the molecule is CN1CCOc2cc(-c3cc4c(c(S(=O)(=O)Nc5ccsc5C(=O)OC(=O)[C@@H](N)CCCNC(N)N)c3)OCC4)cnc21. The largest absolute Gasteiger partial charge is 0.492 e. The summed E-state index contributed by atoms with van der Waals surface area (Å²) in [5, 5.41) is 4.29. The Bertz CT molecular complexity index is 1630. The number of carbonyl (C=O) groups is 2. The number of anilines is 2. The molecule has 2 aromatic heterocycles. The van der Waals surface area contributed by atoms with Crippen LogP contribution in [-0.4, -0.2) is 71.0 Å². The number of pyridine rings is 1. The van der Waals surface area contributed by atoms with E-state index in [0.717, 1.165) is 16.9 Å². The average molecular weight is 632 g/mol. The Labute approximate surface area is 252 Å². The van der Waals surface area contributed by atoms with Crippen molar-refractivity contribution in [2.45, 2.75) is 36.5 Å². The van der Waals surface area contributed by atoms with Gasteiger partial charge in [-0.25, -0.2) is 23.0 Å². The number of thiophene rings is 1. The molecular weight excluding hydrogens is 598 g/mol. The summed E-state index contributed by atoms with van der Waals surface area (Å²) >= 11 is 0.921.